The number of hydrogen-bond donors (Lipinski definition) is 0. The van der Waals surface area contributed by atoms with Crippen LogP contribution in [0.1, 0.15) is 28.0 Å². The fraction of sp³-hybridized carbons (Fsp3) is 0.333. The molecule has 2 amide bonds. The Morgan fingerprint density at radius 2 is 2.20 bits per heavy atom. The highest BCUT2D eigenvalue weighted by Crippen LogP contribution is 2.32. The average molecular weight is 338 g/mol. The molecule has 4 rings (SSSR count). The number of aromatic nitrogens is 2. The first-order chi connectivity index (χ1) is 12.1. The van der Waals surface area contributed by atoms with E-state index >= 15 is 0 Å². The Balaban J connectivity index is 1.72. The van der Waals surface area contributed by atoms with Crippen molar-refractivity contribution in [2.45, 2.75) is 25.9 Å². The van der Waals surface area contributed by atoms with Gasteiger partial charge in [0.1, 0.15) is 12.3 Å². The van der Waals surface area contributed by atoms with Crippen LogP contribution in [0.15, 0.2) is 36.8 Å². The normalized spacial score (nSPS) is 19.6. The SMILES string of the molecule is Cc1ccc2c(c1)N1C(=O)OC[C@@H]1CCN(C(=O)c1cnccn1)C2. The number of fused-ring (bicyclic) bond motifs is 3. The first kappa shape index (κ1) is 15.6. The topological polar surface area (TPSA) is 75.6 Å². The molecule has 7 heteroatoms. The van der Waals surface area contributed by atoms with Gasteiger partial charge in [0.05, 0.1) is 17.9 Å². The van der Waals surface area contributed by atoms with Gasteiger partial charge in [0.15, 0.2) is 0 Å². The van der Waals surface area contributed by atoms with E-state index in [2.05, 4.69) is 9.97 Å². The van der Waals surface area contributed by atoms with E-state index in [4.69, 9.17) is 4.74 Å². The first-order valence-electron chi connectivity index (χ1n) is 8.24. The molecule has 1 saturated heterocycles. The standard InChI is InChI=1S/C18H18N4O3/c1-12-2-3-13-10-21(17(23)15-9-19-5-6-20-15)7-4-14-11-25-18(24)22(14)16(13)8-12/h2-3,5-6,8-9,14H,4,7,10-11H2,1H3/t14-/m0/s1. The summed E-state index contributed by atoms with van der Waals surface area (Å²) in [6.45, 7) is 3.28. The molecule has 0 saturated carbocycles. The number of benzene rings is 1. The molecule has 0 unspecified atom stereocenters. The predicted octanol–water partition coefficient (Wildman–Crippen LogP) is 2.16. The Kier molecular flexibility index (Phi) is 3.83. The van der Waals surface area contributed by atoms with Gasteiger partial charge in [0.2, 0.25) is 0 Å². The average Bonchev–Trinajstić information content (AvgIpc) is 2.98. The van der Waals surface area contributed by atoms with Crippen molar-refractivity contribution in [3.05, 3.63) is 53.6 Å². The van der Waals surface area contributed by atoms with Gasteiger partial charge in [0, 0.05) is 25.5 Å². The lowest BCUT2D eigenvalue weighted by Gasteiger charge is -2.32. The van der Waals surface area contributed by atoms with E-state index < -0.39 is 0 Å². The molecule has 0 aliphatic carbocycles. The van der Waals surface area contributed by atoms with Crippen LogP contribution >= 0.6 is 0 Å². The van der Waals surface area contributed by atoms with Crippen molar-refractivity contribution in [3.8, 4) is 0 Å². The number of aryl methyl sites for hydroxylation is 1. The zero-order valence-corrected chi connectivity index (χ0v) is 13.9. The molecule has 1 fully saturated rings. The molecule has 128 valence electrons. The van der Waals surface area contributed by atoms with E-state index in [9.17, 15) is 9.59 Å². The summed E-state index contributed by atoms with van der Waals surface area (Å²) in [5.41, 5.74) is 3.13. The highest BCUT2D eigenvalue weighted by Gasteiger charge is 2.37. The number of nitrogens with zero attached hydrogens (tertiary/aromatic N) is 4. The van der Waals surface area contributed by atoms with Crippen LogP contribution in [-0.2, 0) is 11.3 Å². The molecule has 0 bridgehead atoms. The van der Waals surface area contributed by atoms with Crippen molar-refractivity contribution in [3.63, 3.8) is 0 Å². The Hall–Kier alpha value is -2.96. The molecule has 1 aromatic carbocycles. The monoisotopic (exact) mass is 338 g/mol. The van der Waals surface area contributed by atoms with E-state index in [1.807, 2.05) is 25.1 Å². The number of carbonyl (C=O) groups excluding carboxylic acids is 2. The van der Waals surface area contributed by atoms with Crippen LogP contribution in [0.3, 0.4) is 0 Å². The fourth-order valence-electron chi connectivity index (χ4n) is 3.33. The van der Waals surface area contributed by atoms with Gasteiger partial charge in [-0.15, -0.1) is 0 Å². The van der Waals surface area contributed by atoms with Crippen molar-refractivity contribution in [1.82, 2.24) is 14.9 Å². The van der Waals surface area contributed by atoms with E-state index in [0.717, 1.165) is 16.8 Å². The van der Waals surface area contributed by atoms with Crippen molar-refractivity contribution < 1.29 is 14.3 Å². The fourth-order valence-corrected chi connectivity index (χ4v) is 3.33. The molecular weight excluding hydrogens is 320 g/mol. The number of anilines is 1. The summed E-state index contributed by atoms with van der Waals surface area (Å²) in [5, 5.41) is 0. The number of cyclic esters (lactones) is 1. The van der Waals surface area contributed by atoms with Gasteiger partial charge in [-0.1, -0.05) is 12.1 Å². The Morgan fingerprint density at radius 1 is 1.32 bits per heavy atom. The minimum atomic E-state index is -0.314. The summed E-state index contributed by atoms with van der Waals surface area (Å²) < 4.78 is 5.25. The molecule has 0 radical (unpaired) electrons. The predicted molar refractivity (Wildman–Crippen MR) is 90.2 cm³/mol. The number of hydrogen-bond acceptors (Lipinski definition) is 5. The molecule has 3 heterocycles. The number of rotatable bonds is 1. The van der Waals surface area contributed by atoms with Gasteiger partial charge in [-0.3, -0.25) is 14.7 Å². The van der Waals surface area contributed by atoms with Gasteiger partial charge < -0.3 is 9.64 Å². The lowest BCUT2D eigenvalue weighted by atomic mass is 10.0. The highest BCUT2D eigenvalue weighted by molar-refractivity contribution is 5.93. The maximum absolute atomic E-state index is 12.8. The van der Waals surface area contributed by atoms with Gasteiger partial charge in [0.25, 0.3) is 5.91 Å². The second-order valence-corrected chi connectivity index (χ2v) is 6.34. The lowest BCUT2D eigenvalue weighted by Crippen LogP contribution is -2.42. The van der Waals surface area contributed by atoms with Crippen LogP contribution in [0, 0.1) is 6.92 Å². The largest absolute Gasteiger partial charge is 0.447 e. The van der Waals surface area contributed by atoms with E-state index in [-0.39, 0.29) is 18.0 Å². The third-order valence-electron chi connectivity index (χ3n) is 4.62. The Morgan fingerprint density at radius 3 is 3.00 bits per heavy atom. The van der Waals surface area contributed by atoms with E-state index in [0.29, 0.717) is 31.8 Å². The summed E-state index contributed by atoms with van der Waals surface area (Å²) in [5.74, 6) is -0.154. The van der Waals surface area contributed by atoms with Crippen LogP contribution in [0.4, 0.5) is 10.5 Å². The second-order valence-electron chi connectivity index (χ2n) is 6.34. The number of carbonyl (C=O) groups is 2. The van der Waals surface area contributed by atoms with Crippen molar-refractivity contribution in [2.24, 2.45) is 0 Å². The maximum Gasteiger partial charge on any atom is 0.414 e. The molecule has 7 nitrogen and oxygen atoms in total. The lowest BCUT2D eigenvalue weighted by molar-refractivity contribution is 0.0728. The smallest absolute Gasteiger partial charge is 0.414 e. The van der Waals surface area contributed by atoms with Gasteiger partial charge in [-0.05, 0) is 30.5 Å². The van der Waals surface area contributed by atoms with Crippen molar-refractivity contribution >= 4 is 17.7 Å². The highest BCUT2D eigenvalue weighted by atomic mass is 16.6. The third-order valence-corrected chi connectivity index (χ3v) is 4.62. The molecule has 0 N–H and O–H groups in total. The van der Waals surface area contributed by atoms with Crippen LogP contribution in [0.5, 0.6) is 0 Å². The molecule has 2 aliphatic heterocycles. The van der Waals surface area contributed by atoms with Crippen LogP contribution in [-0.4, -0.2) is 46.1 Å². The zero-order chi connectivity index (χ0) is 17.4. The van der Waals surface area contributed by atoms with Crippen LogP contribution in [0.2, 0.25) is 0 Å². The van der Waals surface area contributed by atoms with Crippen molar-refractivity contribution in [2.75, 3.05) is 18.1 Å². The minimum absolute atomic E-state index is 0.0643. The number of amides is 2. The molecule has 1 aromatic heterocycles. The van der Waals surface area contributed by atoms with E-state index in [1.54, 1.807) is 16.0 Å². The second kappa shape index (κ2) is 6.16. The quantitative estimate of drug-likeness (QED) is 0.796. The van der Waals surface area contributed by atoms with Gasteiger partial charge >= 0.3 is 6.09 Å². The summed E-state index contributed by atoms with van der Waals surface area (Å²) in [6, 6.07) is 5.87. The summed E-state index contributed by atoms with van der Waals surface area (Å²) in [6.07, 6.45) is 4.88. The Bertz CT molecular complexity index is 824. The van der Waals surface area contributed by atoms with Gasteiger partial charge in [-0.2, -0.15) is 0 Å². The summed E-state index contributed by atoms with van der Waals surface area (Å²) in [7, 11) is 0. The maximum atomic E-state index is 12.8. The molecule has 1 atom stereocenters. The first-order valence-corrected chi connectivity index (χ1v) is 8.24. The number of ether oxygens (including phenoxy) is 1. The van der Waals surface area contributed by atoms with E-state index in [1.165, 1.54) is 12.4 Å². The van der Waals surface area contributed by atoms with Crippen molar-refractivity contribution in [1.29, 1.82) is 0 Å². The summed E-state index contributed by atoms with van der Waals surface area (Å²) in [4.78, 5) is 36.6. The Labute approximate surface area is 145 Å². The zero-order valence-electron chi connectivity index (χ0n) is 13.9. The van der Waals surface area contributed by atoms with Crippen LogP contribution in [0.25, 0.3) is 0 Å². The molecule has 25 heavy (non-hydrogen) atoms. The summed E-state index contributed by atoms with van der Waals surface area (Å²) >= 11 is 0. The minimum Gasteiger partial charge on any atom is -0.447 e. The van der Waals surface area contributed by atoms with Gasteiger partial charge in [-0.25, -0.2) is 9.78 Å². The molecule has 0 spiro atoms. The van der Waals surface area contributed by atoms with Crippen LogP contribution < -0.4 is 4.90 Å². The molecule has 2 aromatic rings. The molecule has 2 aliphatic rings. The third kappa shape index (κ3) is 2.82. The molecular formula is C18H18N4O3.